The van der Waals surface area contributed by atoms with E-state index in [4.69, 9.17) is 24.9 Å². The highest BCUT2D eigenvalue weighted by Gasteiger charge is 2.33. The molecule has 400 valence electrons. The smallest absolute Gasteiger partial charge is 0.239 e. The van der Waals surface area contributed by atoms with Crippen LogP contribution >= 0.6 is 0 Å². The molecule has 86 heavy (non-hydrogen) atoms. The summed E-state index contributed by atoms with van der Waals surface area (Å²) in [5, 5.41) is 7.78. The van der Waals surface area contributed by atoms with E-state index in [9.17, 15) is 0 Å². The Kier molecular flexibility index (Phi) is 10.5. The van der Waals surface area contributed by atoms with E-state index in [-0.39, 0.29) is 0 Å². The minimum Gasteiger partial charge on any atom is -0.295 e. The third-order valence-corrected chi connectivity index (χ3v) is 17.2. The van der Waals surface area contributed by atoms with Gasteiger partial charge in [-0.1, -0.05) is 206 Å². The largest absolute Gasteiger partial charge is 0.295 e. The Morgan fingerprint density at radius 3 is 1.51 bits per heavy atom. The second-order valence-corrected chi connectivity index (χ2v) is 22.1. The van der Waals surface area contributed by atoms with Crippen molar-refractivity contribution in [3.63, 3.8) is 0 Å². The van der Waals surface area contributed by atoms with Crippen molar-refractivity contribution in [1.29, 1.82) is 0 Å². The highest BCUT2D eigenvalue weighted by Crippen LogP contribution is 2.52. The van der Waals surface area contributed by atoms with Gasteiger partial charge in [-0.15, -0.1) is 0 Å². The molecule has 0 saturated carbocycles. The van der Waals surface area contributed by atoms with Crippen molar-refractivity contribution in [1.82, 2.24) is 34.1 Å². The number of aromatic nitrogens is 7. The van der Waals surface area contributed by atoms with E-state index in [0.717, 1.165) is 139 Å². The van der Waals surface area contributed by atoms with E-state index in [1.54, 1.807) is 0 Å². The summed E-state index contributed by atoms with van der Waals surface area (Å²) in [6, 6.07) is 101. The molecule has 6 heterocycles. The summed E-state index contributed by atoms with van der Waals surface area (Å²) in [5.41, 5.74) is 17.5. The van der Waals surface area contributed by atoms with Crippen LogP contribution in [0.5, 0.6) is 0 Å². The van der Waals surface area contributed by atoms with Crippen molar-refractivity contribution in [2.45, 2.75) is 0 Å². The molecule has 9 nitrogen and oxygen atoms in total. The quantitative estimate of drug-likeness (QED) is 0.164. The first-order chi connectivity index (χ1) is 42.6. The Balaban J connectivity index is 0.837. The van der Waals surface area contributed by atoms with Gasteiger partial charge in [-0.3, -0.25) is 18.9 Å². The zero-order valence-electron chi connectivity index (χ0n) is 46.2. The molecule has 4 aromatic heterocycles. The standard InChI is InChI=1S/C77H47N9/c1-4-20-48(21-5-1)73-61-31-13-16-32-64(61)78-76(79-73)86-68-39-38-54(43-62(68)59-29-14-18-34-66(59)83-65-33-17-12-28-56(65)46-71(83)86)53-36-37-55-44-69-58(41-57(55)40-53)47-72-84(69)70-45-52-27-11-10-26-51(52)42-63(70)60-30-15-19-35-67(60)85(72)77-81-74(49-22-6-2-7-23-49)80-75(82-77)50-24-8-3-9-25-50/h1-47H. The third-order valence-electron chi connectivity index (χ3n) is 17.2. The molecular formula is C77H47N9. The fourth-order valence-electron chi connectivity index (χ4n) is 13.2. The molecule has 0 amide bonds. The molecule has 18 rings (SSSR count). The predicted molar refractivity (Wildman–Crippen MR) is 351 cm³/mol. The fraction of sp³-hybridized carbons (Fsp3) is 0. The van der Waals surface area contributed by atoms with Gasteiger partial charge < -0.3 is 0 Å². The van der Waals surface area contributed by atoms with Crippen molar-refractivity contribution in [2.75, 3.05) is 9.80 Å². The van der Waals surface area contributed by atoms with Gasteiger partial charge in [-0.25, -0.2) is 15.0 Å². The lowest BCUT2D eigenvalue weighted by Crippen LogP contribution is -2.17. The number of benzene rings is 12. The fourth-order valence-corrected chi connectivity index (χ4v) is 13.2. The van der Waals surface area contributed by atoms with Crippen LogP contribution in [0.1, 0.15) is 0 Å². The van der Waals surface area contributed by atoms with E-state index < -0.39 is 0 Å². The van der Waals surface area contributed by atoms with Crippen LogP contribution in [0.4, 0.5) is 34.9 Å². The zero-order chi connectivity index (χ0) is 56.4. The highest BCUT2D eigenvalue weighted by atomic mass is 15.4. The summed E-state index contributed by atoms with van der Waals surface area (Å²) in [7, 11) is 0. The van der Waals surface area contributed by atoms with Gasteiger partial charge in [0.25, 0.3) is 0 Å². The normalized spacial score (nSPS) is 12.4. The zero-order valence-corrected chi connectivity index (χ0v) is 46.2. The highest BCUT2D eigenvalue weighted by molar-refractivity contribution is 6.07. The monoisotopic (exact) mass is 1100 g/mol. The van der Waals surface area contributed by atoms with E-state index in [1.807, 2.05) is 42.5 Å². The molecule has 0 N–H and O–H groups in total. The summed E-state index contributed by atoms with van der Waals surface area (Å²) in [6.45, 7) is 0. The molecule has 0 atom stereocenters. The molecule has 2 aliphatic rings. The van der Waals surface area contributed by atoms with Crippen LogP contribution in [-0.2, 0) is 0 Å². The van der Waals surface area contributed by atoms with E-state index in [1.165, 1.54) is 5.39 Å². The molecule has 16 aromatic rings. The van der Waals surface area contributed by atoms with Crippen molar-refractivity contribution in [2.24, 2.45) is 0 Å². The van der Waals surface area contributed by atoms with Crippen LogP contribution in [0.3, 0.4) is 0 Å². The van der Waals surface area contributed by atoms with Crippen molar-refractivity contribution in [3.8, 4) is 78.8 Å². The van der Waals surface area contributed by atoms with E-state index in [0.29, 0.717) is 23.5 Å². The van der Waals surface area contributed by atoms with Crippen LogP contribution in [0.25, 0.3) is 133 Å². The summed E-state index contributed by atoms with van der Waals surface area (Å²) in [4.78, 5) is 31.3. The van der Waals surface area contributed by atoms with Crippen LogP contribution in [-0.4, -0.2) is 34.1 Å². The number of rotatable bonds is 6. The number of hydrogen-bond acceptors (Lipinski definition) is 7. The number of para-hydroxylation sites is 4. The summed E-state index contributed by atoms with van der Waals surface area (Å²) >= 11 is 0. The molecule has 9 heteroatoms. The Morgan fingerprint density at radius 1 is 0.244 bits per heavy atom. The maximum Gasteiger partial charge on any atom is 0.239 e. The van der Waals surface area contributed by atoms with Crippen LogP contribution in [0, 0.1) is 0 Å². The van der Waals surface area contributed by atoms with Crippen molar-refractivity contribution < 1.29 is 0 Å². The lowest BCUT2D eigenvalue weighted by molar-refractivity contribution is 0.995. The maximum absolute atomic E-state index is 5.51. The molecule has 0 fully saturated rings. The van der Waals surface area contributed by atoms with E-state index >= 15 is 0 Å². The van der Waals surface area contributed by atoms with Crippen LogP contribution in [0.15, 0.2) is 285 Å². The molecule has 0 radical (unpaired) electrons. The number of nitrogens with zero attached hydrogens (tertiary/aromatic N) is 9. The molecular weight excluding hydrogens is 1050 g/mol. The van der Waals surface area contributed by atoms with Gasteiger partial charge in [0.1, 0.15) is 11.6 Å². The second kappa shape index (κ2) is 18.9. The van der Waals surface area contributed by atoms with Gasteiger partial charge in [0.2, 0.25) is 11.9 Å². The summed E-state index contributed by atoms with van der Waals surface area (Å²) in [6.07, 6.45) is 0. The molecule has 0 bridgehead atoms. The topological polar surface area (TPSA) is 80.8 Å². The minimum atomic E-state index is 0.520. The first-order valence-electron chi connectivity index (χ1n) is 29.0. The lowest BCUT2D eigenvalue weighted by atomic mass is 9.94. The number of hydrogen-bond donors (Lipinski definition) is 0. The average molecular weight is 1100 g/mol. The number of fused-ring (bicyclic) bond motifs is 17. The van der Waals surface area contributed by atoms with Gasteiger partial charge in [0.05, 0.1) is 45.0 Å². The molecule has 12 aromatic carbocycles. The Labute approximate surface area is 494 Å². The van der Waals surface area contributed by atoms with Crippen LogP contribution < -0.4 is 9.80 Å². The molecule has 0 spiro atoms. The Morgan fingerprint density at radius 2 is 0.767 bits per heavy atom. The summed E-state index contributed by atoms with van der Waals surface area (Å²) in [5.74, 6) is 4.18. The maximum atomic E-state index is 5.51. The SMILES string of the molecule is c1ccc(-c2nc(-c3ccccc3)nc(N3c4ccccc4-c4cc5ccccc5cc4-n4c3cc3cc5cc(-c6ccc7c(c6)-c6ccccc6-n6c(cc8ccccc86)N7c6nc(-c7ccccc7)c7ccccc7n6)ccc5cc34)n2)cc1. The first-order valence-corrected chi connectivity index (χ1v) is 29.0. The number of anilines is 6. The summed E-state index contributed by atoms with van der Waals surface area (Å²) < 4.78 is 4.78. The van der Waals surface area contributed by atoms with Gasteiger partial charge in [-0.2, -0.15) is 9.97 Å². The van der Waals surface area contributed by atoms with Gasteiger partial charge in [0.15, 0.2) is 11.6 Å². The molecule has 2 aliphatic heterocycles. The second-order valence-electron chi connectivity index (χ2n) is 22.1. The third kappa shape index (κ3) is 7.48. The molecule has 0 unspecified atom stereocenters. The predicted octanol–water partition coefficient (Wildman–Crippen LogP) is 19.6. The molecule has 0 saturated heterocycles. The Bertz CT molecular complexity index is 5380. The van der Waals surface area contributed by atoms with Crippen molar-refractivity contribution >= 4 is 89.2 Å². The van der Waals surface area contributed by atoms with Gasteiger partial charge in [-0.05, 0) is 112 Å². The van der Waals surface area contributed by atoms with E-state index in [2.05, 4.69) is 262 Å². The Hall–Kier alpha value is -11.8. The molecule has 0 aliphatic carbocycles. The van der Waals surface area contributed by atoms with Crippen LogP contribution in [0.2, 0.25) is 0 Å². The van der Waals surface area contributed by atoms with Crippen molar-refractivity contribution in [3.05, 3.63) is 285 Å². The van der Waals surface area contributed by atoms with Gasteiger partial charge in [0, 0.05) is 55.1 Å². The first kappa shape index (κ1) is 47.8. The van der Waals surface area contributed by atoms with Gasteiger partial charge >= 0.3 is 0 Å². The average Bonchev–Trinajstić information content (AvgIpc) is 1.63. The minimum absolute atomic E-state index is 0.520. The lowest BCUT2D eigenvalue weighted by Gasteiger charge is -2.25.